The van der Waals surface area contributed by atoms with Crippen LogP contribution in [-0.2, 0) is 32.7 Å². The molecule has 51 heavy (non-hydrogen) atoms. The summed E-state index contributed by atoms with van der Waals surface area (Å²) in [7, 11) is -4.41. The van der Waals surface area contributed by atoms with E-state index in [9.17, 15) is 19.0 Å². The Bertz CT molecular complexity index is 981. The Labute approximate surface area is 311 Å². The van der Waals surface area contributed by atoms with E-state index >= 15 is 0 Å². The summed E-state index contributed by atoms with van der Waals surface area (Å²) in [5.41, 5.74) is 5.32. The number of carbonyl (C=O) groups excluding carboxylic acids is 2. The number of allylic oxidation sites excluding steroid dienone is 7. The van der Waals surface area contributed by atoms with E-state index in [0.717, 1.165) is 38.5 Å². The number of unbranched alkanes of at least 4 members (excludes halogenated alkanes) is 19. The summed E-state index contributed by atoms with van der Waals surface area (Å²) in [6.07, 6.45) is 42.1. The van der Waals surface area contributed by atoms with E-state index in [1.807, 2.05) is 6.08 Å². The Kier molecular flexibility index (Phi) is 36.2. The fraction of sp³-hybridized carbons (Fsp3) is 0.756. The van der Waals surface area contributed by atoms with Gasteiger partial charge in [-0.25, -0.2) is 9.36 Å². The van der Waals surface area contributed by atoms with E-state index < -0.39 is 32.5 Å². The molecule has 10 heteroatoms. The second-order valence-electron chi connectivity index (χ2n) is 13.2. The highest BCUT2D eigenvalue weighted by Gasteiger charge is 2.25. The molecule has 0 heterocycles. The molecule has 0 saturated heterocycles. The van der Waals surface area contributed by atoms with E-state index in [4.69, 9.17) is 24.3 Å². The van der Waals surface area contributed by atoms with Crippen LogP contribution >= 0.6 is 7.82 Å². The molecular formula is C41H74NO8P. The minimum Gasteiger partial charge on any atom is -0.462 e. The lowest BCUT2D eigenvalue weighted by Crippen LogP contribution is -2.29. The third-order valence-electron chi connectivity index (χ3n) is 8.29. The Balaban J connectivity index is 4.36. The summed E-state index contributed by atoms with van der Waals surface area (Å²) in [4.78, 5) is 34.6. The molecule has 0 spiro atoms. The lowest BCUT2D eigenvalue weighted by atomic mass is 10.1. The number of nitrogens with two attached hydrogens (primary N) is 1. The third-order valence-corrected chi connectivity index (χ3v) is 9.28. The fourth-order valence-electron chi connectivity index (χ4n) is 5.28. The summed E-state index contributed by atoms with van der Waals surface area (Å²) in [6, 6.07) is 0. The second-order valence-corrected chi connectivity index (χ2v) is 14.7. The zero-order chi connectivity index (χ0) is 37.5. The van der Waals surface area contributed by atoms with Gasteiger partial charge >= 0.3 is 19.8 Å². The highest BCUT2D eigenvalue weighted by atomic mass is 31.2. The number of carbonyl (C=O) groups is 2. The highest BCUT2D eigenvalue weighted by Crippen LogP contribution is 2.43. The van der Waals surface area contributed by atoms with Crippen molar-refractivity contribution in [2.24, 2.45) is 5.73 Å². The van der Waals surface area contributed by atoms with Gasteiger partial charge in [-0.1, -0.05) is 153 Å². The van der Waals surface area contributed by atoms with Crippen LogP contribution in [0.15, 0.2) is 48.6 Å². The van der Waals surface area contributed by atoms with Crippen molar-refractivity contribution in [2.75, 3.05) is 26.4 Å². The molecule has 2 atom stereocenters. The van der Waals surface area contributed by atoms with E-state index in [-0.39, 0.29) is 26.2 Å². The number of esters is 2. The summed E-state index contributed by atoms with van der Waals surface area (Å²) in [5, 5.41) is 0. The largest absolute Gasteiger partial charge is 0.472 e. The van der Waals surface area contributed by atoms with Crippen LogP contribution in [0.25, 0.3) is 0 Å². The van der Waals surface area contributed by atoms with E-state index in [2.05, 4.69) is 38.2 Å². The van der Waals surface area contributed by atoms with Crippen LogP contribution in [0.5, 0.6) is 0 Å². The van der Waals surface area contributed by atoms with Gasteiger partial charge in [-0.15, -0.1) is 0 Å². The minimum absolute atomic E-state index is 0.0354. The van der Waals surface area contributed by atoms with E-state index in [1.165, 1.54) is 109 Å². The van der Waals surface area contributed by atoms with Crippen LogP contribution in [0.1, 0.15) is 168 Å². The molecule has 0 rings (SSSR count). The lowest BCUT2D eigenvalue weighted by molar-refractivity contribution is -0.157. The van der Waals surface area contributed by atoms with E-state index in [1.54, 1.807) is 12.2 Å². The van der Waals surface area contributed by atoms with Gasteiger partial charge < -0.3 is 20.1 Å². The molecule has 0 fully saturated rings. The third kappa shape index (κ3) is 37.5. The smallest absolute Gasteiger partial charge is 0.462 e. The van der Waals surface area contributed by atoms with Gasteiger partial charge in [-0.3, -0.25) is 13.8 Å². The van der Waals surface area contributed by atoms with Crippen molar-refractivity contribution in [1.82, 2.24) is 0 Å². The molecule has 296 valence electrons. The van der Waals surface area contributed by atoms with Crippen LogP contribution in [0.3, 0.4) is 0 Å². The van der Waals surface area contributed by atoms with Gasteiger partial charge in [0.15, 0.2) is 6.10 Å². The fourth-order valence-corrected chi connectivity index (χ4v) is 6.04. The normalized spacial score (nSPS) is 13.9. The molecule has 0 aromatic heterocycles. The van der Waals surface area contributed by atoms with Gasteiger partial charge in [0.1, 0.15) is 6.61 Å². The molecule has 0 saturated carbocycles. The topological polar surface area (TPSA) is 134 Å². The van der Waals surface area contributed by atoms with Crippen LogP contribution in [-0.4, -0.2) is 49.3 Å². The predicted molar refractivity (Wildman–Crippen MR) is 210 cm³/mol. The Morgan fingerprint density at radius 1 is 0.647 bits per heavy atom. The van der Waals surface area contributed by atoms with Crippen LogP contribution in [0, 0.1) is 0 Å². The van der Waals surface area contributed by atoms with Crippen molar-refractivity contribution < 1.29 is 37.6 Å². The van der Waals surface area contributed by atoms with Gasteiger partial charge in [0.05, 0.1) is 13.2 Å². The predicted octanol–water partition coefficient (Wildman–Crippen LogP) is 11.2. The van der Waals surface area contributed by atoms with Crippen LogP contribution < -0.4 is 5.73 Å². The molecular weight excluding hydrogens is 665 g/mol. The zero-order valence-corrected chi connectivity index (χ0v) is 33.2. The zero-order valence-electron chi connectivity index (χ0n) is 32.3. The van der Waals surface area contributed by atoms with Crippen molar-refractivity contribution in [2.45, 2.75) is 174 Å². The first-order chi connectivity index (χ1) is 24.8. The summed E-state index contributed by atoms with van der Waals surface area (Å²) >= 11 is 0. The maximum atomic E-state index is 12.4. The molecule has 0 aliphatic heterocycles. The summed E-state index contributed by atoms with van der Waals surface area (Å²) in [6.45, 7) is 3.55. The number of rotatable bonds is 37. The number of ether oxygens (including phenoxy) is 2. The van der Waals surface area contributed by atoms with Gasteiger partial charge in [0.25, 0.3) is 0 Å². The quantitative estimate of drug-likeness (QED) is 0.0159. The standard InChI is InChI=1S/C41H74NO8P/c1-3-5-7-9-11-13-15-17-19-21-23-25-27-29-31-33-40(43)47-37-39(38-49-51(45,46)48-36-35-42)50-41(44)34-32-30-28-26-24-22-20-18-16-14-12-10-8-6-4-2/h17,19,23,25,28,30,32,34,39H,3-16,18,20-22,24,26-27,29,31,33,35-38,42H2,1-2H3,(H,45,46)/b19-17+,25-23+,30-28+,34-32+/t39-/m1/s1. The first kappa shape index (κ1) is 49.0. The van der Waals surface area contributed by atoms with Crippen LogP contribution in [0.2, 0.25) is 0 Å². The van der Waals surface area contributed by atoms with Crippen molar-refractivity contribution in [3.05, 3.63) is 48.6 Å². The minimum atomic E-state index is -4.41. The first-order valence-corrected chi connectivity index (χ1v) is 21.7. The van der Waals surface area contributed by atoms with Crippen molar-refractivity contribution in [3.63, 3.8) is 0 Å². The van der Waals surface area contributed by atoms with Crippen LogP contribution in [0.4, 0.5) is 0 Å². The molecule has 0 radical (unpaired) electrons. The van der Waals surface area contributed by atoms with Crippen molar-refractivity contribution >= 4 is 19.8 Å². The summed E-state index contributed by atoms with van der Waals surface area (Å²) in [5.74, 6) is -1.12. The molecule has 0 aliphatic carbocycles. The first-order valence-electron chi connectivity index (χ1n) is 20.2. The molecule has 9 nitrogen and oxygen atoms in total. The van der Waals surface area contributed by atoms with Gasteiger partial charge in [-0.05, 0) is 51.4 Å². The average molecular weight is 740 g/mol. The SMILES string of the molecule is CCCCCCCC/C=C/C/C=C/CCCCC(=O)OC[C@H](COP(=O)(O)OCCN)OC(=O)/C=C/C=C/CCCCCCCCCCCCC. The van der Waals surface area contributed by atoms with E-state index in [0.29, 0.717) is 6.42 Å². The van der Waals surface area contributed by atoms with Gasteiger partial charge in [0.2, 0.25) is 0 Å². The van der Waals surface area contributed by atoms with Gasteiger partial charge in [-0.2, -0.15) is 0 Å². The number of hydrogen-bond donors (Lipinski definition) is 2. The van der Waals surface area contributed by atoms with Crippen molar-refractivity contribution in [1.29, 1.82) is 0 Å². The summed E-state index contributed by atoms with van der Waals surface area (Å²) < 4.78 is 32.4. The Hall–Kier alpha value is -2.03. The van der Waals surface area contributed by atoms with Gasteiger partial charge in [0, 0.05) is 19.0 Å². The van der Waals surface area contributed by atoms with Crippen molar-refractivity contribution in [3.8, 4) is 0 Å². The second kappa shape index (κ2) is 37.7. The average Bonchev–Trinajstić information content (AvgIpc) is 3.11. The maximum Gasteiger partial charge on any atom is 0.472 e. The monoisotopic (exact) mass is 740 g/mol. The lowest BCUT2D eigenvalue weighted by Gasteiger charge is -2.19. The molecule has 0 aliphatic rings. The Morgan fingerprint density at radius 2 is 1.16 bits per heavy atom. The highest BCUT2D eigenvalue weighted by molar-refractivity contribution is 7.47. The number of hydrogen-bond acceptors (Lipinski definition) is 8. The Morgan fingerprint density at radius 3 is 1.71 bits per heavy atom. The molecule has 1 unspecified atom stereocenters. The maximum absolute atomic E-state index is 12.4. The number of phosphoric ester groups is 1. The molecule has 0 bridgehead atoms. The molecule has 0 aromatic carbocycles. The molecule has 0 amide bonds. The number of phosphoric acid groups is 1. The molecule has 0 aromatic rings. The molecule has 3 N–H and O–H groups in total.